The summed E-state index contributed by atoms with van der Waals surface area (Å²) in [5.74, 6) is -1.06. The molecule has 0 saturated carbocycles. The summed E-state index contributed by atoms with van der Waals surface area (Å²) in [6.07, 6.45) is -1.36. The molecule has 1 aliphatic heterocycles. The quantitative estimate of drug-likeness (QED) is 0.860. The molecule has 1 unspecified atom stereocenters. The molecule has 2 rings (SSSR count). The van der Waals surface area contributed by atoms with E-state index in [9.17, 15) is 13.2 Å². The largest absolute Gasteiger partial charge is 0.452 e. The molecule has 2 heterocycles. The third kappa shape index (κ3) is 3.53. The summed E-state index contributed by atoms with van der Waals surface area (Å²) >= 11 is 0.757. The number of halogens is 3. The Labute approximate surface area is 101 Å². The van der Waals surface area contributed by atoms with Gasteiger partial charge in [-0.25, -0.2) is 0 Å². The molecule has 4 nitrogen and oxygen atoms in total. The lowest BCUT2D eigenvalue weighted by Crippen LogP contribution is -2.30. The molecule has 8 heteroatoms. The van der Waals surface area contributed by atoms with Crippen LogP contribution in [0.3, 0.4) is 0 Å². The highest BCUT2D eigenvalue weighted by Gasteiger charge is 2.36. The number of alkyl halides is 3. The van der Waals surface area contributed by atoms with Gasteiger partial charge >= 0.3 is 6.18 Å². The molecule has 1 fully saturated rings. The van der Waals surface area contributed by atoms with E-state index >= 15 is 0 Å². The summed E-state index contributed by atoms with van der Waals surface area (Å²) in [6, 6.07) is 0.131. The number of anilines is 1. The number of nitrogens with zero attached hydrogens (tertiary/aromatic N) is 2. The van der Waals surface area contributed by atoms with Crippen LogP contribution < -0.4 is 10.6 Å². The Morgan fingerprint density at radius 3 is 2.88 bits per heavy atom. The highest BCUT2D eigenvalue weighted by atomic mass is 32.1. The zero-order valence-electron chi connectivity index (χ0n) is 9.05. The normalized spacial score (nSPS) is 22.2. The molecule has 0 spiro atoms. The van der Waals surface area contributed by atoms with E-state index < -0.39 is 12.0 Å². The molecule has 0 aliphatic carbocycles. The Bertz CT molecular complexity index is 357. The lowest BCUT2D eigenvalue weighted by molar-refractivity contribution is -0.144. The SMILES string of the molecule is FC(F)(F)c1nsc(NC2CCCCNC2)n1. The Kier molecular flexibility index (Phi) is 3.82. The lowest BCUT2D eigenvalue weighted by Gasteiger charge is -2.14. The first-order valence-corrected chi connectivity index (χ1v) is 6.21. The summed E-state index contributed by atoms with van der Waals surface area (Å²) in [6.45, 7) is 1.71. The minimum absolute atomic E-state index is 0.131. The third-order valence-corrected chi connectivity index (χ3v) is 3.20. The summed E-state index contributed by atoms with van der Waals surface area (Å²) < 4.78 is 40.2. The summed E-state index contributed by atoms with van der Waals surface area (Å²) in [4.78, 5) is 3.45. The number of hydrogen-bond donors (Lipinski definition) is 2. The van der Waals surface area contributed by atoms with Crippen molar-refractivity contribution in [3.63, 3.8) is 0 Å². The zero-order chi connectivity index (χ0) is 12.3. The van der Waals surface area contributed by atoms with Crippen molar-refractivity contribution < 1.29 is 13.2 Å². The van der Waals surface area contributed by atoms with Crippen LogP contribution in [0.1, 0.15) is 25.1 Å². The number of rotatable bonds is 2. The Morgan fingerprint density at radius 1 is 1.35 bits per heavy atom. The van der Waals surface area contributed by atoms with Crippen molar-refractivity contribution in [2.45, 2.75) is 31.5 Å². The summed E-state index contributed by atoms with van der Waals surface area (Å²) in [5.41, 5.74) is 0. The molecule has 1 saturated heterocycles. The molecule has 0 bridgehead atoms. The Morgan fingerprint density at radius 2 is 2.18 bits per heavy atom. The summed E-state index contributed by atoms with van der Waals surface area (Å²) in [7, 11) is 0. The predicted molar refractivity (Wildman–Crippen MR) is 59.0 cm³/mol. The van der Waals surface area contributed by atoms with E-state index in [0.29, 0.717) is 0 Å². The fourth-order valence-corrected chi connectivity index (χ4v) is 2.38. The topological polar surface area (TPSA) is 49.8 Å². The van der Waals surface area contributed by atoms with Gasteiger partial charge in [0, 0.05) is 24.1 Å². The van der Waals surface area contributed by atoms with Gasteiger partial charge in [-0.2, -0.15) is 22.5 Å². The van der Waals surface area contributed by atoms with Crippen LogP contribution in [0.4, 0.5) is 18.3 Å². The van der Waals surface area contributed by atoms with Crippen LogP contribution in [0.5, 0.6) is 0 Å². The first-order valence-electron chi connectivity index (χ1n) is 5.44. The van der Waals surface area contributed by atoms with Crippen LogP contribution in [0.15, 0.2) is 0 Å². The van der Waals surface area contributed by atoms with E-state index in [1.807, 2.05) is 0 Å². The van der Waals surface area contributed by atoms with E-state index in [4.69, 9.17) is 0 Å². The molecule has 1 atom stereocenters. The highest BCUT2D eigenvalue weighted by molar-refractivity contribution is 7.09. The van der Waals surface area contributed by atoms with Gasteiger partial charge < -0.3 is 10.6 Å². The maximum Gasteiger partial charge on any atom is 0.452 e. The van der Waals surface area contributed by atoms with Gasteiger partial charge in [0.15, 0.2) is 0 Å². The molecule has 96 valence electrons. The van der Waals surface area contributed by atoms with Gasteiger partial charge in [0.1, 0.15) is 0 Å². The van der Waals surface area contributed by atoms with E-state index in [2.05, 4.69) is 20.0 Å². The highest BCUT2D eigenvalue weighted by Crippen LogP contribution is 2.29. The van der Waals surface area contributed by atoms with Crippen molar-refractivity contribution >= 4 is 16.7 Å². The van der Waals surface area contributed by atoms with Gasteiger partial charge in [-0.05, 0) is 19.4 Å². The van der Waals surface area contributed by atoms with E-state index in [-0.39, 0.29) is 11.2 Å². The Hall–Kier alpha value is -0.890. The maximum absolute atomic E-state index is 12.3. The van der Waals surface area contributed by atoms with Crippen LogP contribution in [0, 0.1) is 0 Å². The lowest BCUT2D eigenvalue weighted by atomic mass is 10.1. The second-order valence-corrected chi connectivity index (χ2v) is 4.71. The molecule has 0 amide bonds. The van der Waals surface area contributed by atoms with Gasteiger partial charge in [0.05, 0.1) is 0 Å². The first-order chi connectivity index (χ1) is 8.05. The molecule has 1 aliphatic rings. The van der Waals surface area contributed by atoms with Gasteiger partial charge in [-0.15, -0.1) is 0 Å². The number of nitrogens with one attached hydrogen (secondary N) is 2. The smallest absolute Gasteiger partial charge is 0.356 e. The van der Waals surface area contributed by atoms with E-state index in [1.54, 1.807) is 0 Å². The molecular formula is C9H13F3N4S. The van der Waals surface area contributed by atoms with Gasteiger partial charge in [0.25, 0.3) is 0 Å². The third-order valence-electron chi connectivity index (χ3n) is 2.55. The van der Waals surface area contributed by atoms with Crippen LogP contribution in [0.25, 0.3) is 0 Å². The maximum atomic E-state index is 12.3. The average molecular weight is 266 g/mol. The van der Waals surface area contributed by atoms with E-state index in [0.717, 1.165) is 43.9 Å². The van der Waals surface area contributed by atoms with Crippen LogP contribution in [-0.2, 0) is 6.18 Å². The van der Waals surface area contributed by atoms with Crippen LogP contribution >= 0.6 is 11.5 Å². The van der Waals surface area contributed by atoms with Crippen LogP contribution in [-0.4, -0.2) is 28.5 Å². The second kappa shape index (κ2) is 5.18. The van der Waals surface area contributed by atoms with Gasteiger partial charge in [-0.3, -0.25) is 0 Å². The molecule has 0 aromatic carbocycles. The Balaban J connectivity index is 1.96. The standard InChI is InChI=1S/C9H13F3N4S/c10-9(11,12)7-15-8(17-16-7)14-6-3-1-2-4-13-5-6/h6,13H,1-5H2,(H,14,15,16). The van der Waals surface area contributed by atoms with Crippen molar-refractivity contribution in [1.82, 2.24) is 14.7 Å². The molecule has 2 N–H and O–H groups in total. The van der Waals surface area contributed by atoms with Crippen LogP contribution in [0.2, 0.25) is 0 Å². The molecular weight excluding hydrogens is 253 g/mol. The van der Waals surface area contributed by atoms with Crippen molar-refractivity contribution in [2.75, 3.05) is 18.4 Å². The minimum Gasteiger partial charge on any atom is -0.356 e. The molecule has 17 heavy (non-hydrogen) atoms. The molecule has 1 aromatic heterocycles. The molecule has 1 aromatic rings. The number of hydrogen-bond acceptors (Lipinski definition) is 5. The summed E-state index contributed by atoms with van der Waals surface area (Å²) in [5, 5.41) is 6.46. The van der Waals surface area contributed by atoms with Gasteiger partial charge in [-0.1, -0.05) is 6.42 Å². The van der Waals surface area contributed by atoms with Crippen molar-refractivity contribution in [3.8, 4) is 0 Å². The van der Waals surface area contributed by atoms with Crippen molar-refractivity contribution in [3.05, 3.63) is 5.82 Å². The fraction of sp³-hybridized carbons (Fsp3) is 0.778. The van der Waals surface area contributed by atoms with Crippen molar-refractivity contribution in [2.24, 2.45) is 0 Å². The van der Waals surface area contributed by atoms with E-state index in [1.165, 1.54) is 0 Å². The first kappa shape index (κ1) is 12.6. The average Bonchev–Trinajstić information content (AvgIpc) is 2.56. The monoisotopic (exact) mass is 266 g/mol. The minimum atomic E-state index is -4.46. The predicted octanol–water partition coefficient (Wildman–Crippen LogP) is 2.11. The van der Waals surface area contributed by atoms with Gasteiger partial charge in [0.2, 0.25) is 11.0 Å². The number of aromatic nitrogens is 2. The second-order valence-electron chi connectivity index (χ2n) is 3.96. The molecule has 0 radical (unpaired) electrons. The van der Waals surface area contributed by atoms with Crippen molar-refractivity contribution in [1.29, 1.82) is 0 Å². The zero-order valence-corrected chi connectivity index (χ0v) is 9.87. The fourth-order valence-electron chi connectivity index (χ4n) is 1.71.